The second-order valence-corrected chi connectivity index (χ2v) is 4.61. The molecule has 5 nitrogen and oxygen atoms in total. The number of carboxylic acid groups (broad SMARTS) is 1. The summed E-state index contributed by atoms with van der Waals surface area (Å²) in [7, 11) is 0. The summed E-state index contributed by atoms with van der Waals surface area (Å²) in [6.07, 6.45) is 0. The number of para-hydroxylation sites is 1. The Morgan fingerprint density at radius 3 is 2.83 bits per heavy atom. The molecule has 3 aromatic rings. The first-order valence-corrected chi connectivity index (χ1v) is 6.00. The van der Waals surface area contributed by atoms with Crippen molar-refractivity contribution in [2.75, 3.05) is 5.32 Å². The Labute approximate surface area is 106 Å². The third-order valence-electron chi connectivity index (χ3n) is 2.34. The summed E-state index contributed by atoms with van der Waals surface area (Å²) in [5.74, 6) is -0.822. The topological polar surface area (TPSA) is 75.4 Å². The second-order valence-electron chi connectivity index (χ2n) is 3.58. The zero-order valence-electron chi connectivity index (χ0n) is 9.08. The number of nitrogens with one attached hydrogen (secondary N) is 1. The van der Waals surface area contributed by atoms with E-state index < -0.39 is 5.97 Å². The van der Waals surface area contributed by atoms with Crippen LogP contribution in [0.15, 0.2) is 40.8 Å². The molecular weight excluding hydrogens is 252 g/mol. The molecule has 0 unspecified atom stereocenters. The smallest absolute Gasteiger partial charge is 0.371 e. The van der Waals surface area contributed by atoms with Crippen molar-refractivity contribution in [1.29, 1.82) is 0 Å². The molecule has 0 aliphatic carbocycles. The maximum Gasteiger partial charge on any atom is 0.371 e. The van der Waals surface area contributed by atoms with Gasteiger partial charge in [0.25, 0.3) is 0 Å². The Bertz CT molecular complexity index is 684. The molecule has 0 saturated heterocycles. The minimum Gasteiger partial charge on any atom is -0.475 e. The Morgan fingerprint density at radius 1 is 1.28 bits per heavy atom. The van der Waals surface area contributed by atoms with Crippen LogP contribution in [0, 0.1) is 0 Å². The van der Waals surface area contributed by atoms with Crippen molar-refractivity contribution in [3.63, 3.8) is 0 Å². The third-order valence-corrected chi connectivity index (χ3v) is 3.29. The predicted molar refractivity (Wildman–Crippen MR) is 68.6 cm³/mol. The van der Waals surface area contributed by atoms with Gasteiger partial charge in [0.05, 0.1) is 10.2 Å². The van der Waals surface area contributed by atoms with E-state index in [0.29, 0.717) is 11.0 Å². The first-order valence-electron chi connectivity index (χ1n) is 5.18. The molecule has 2 heterocycles. The summed E-state index contributed by atoms with van der Waals surface area (Å²) in [5, 5.41) is 12.4. The lowest BCUT2D eigenvalue weighted by molar-refractivity contribution is 0.0663. The number of hydrogen-bond donors (Lipinski definition) is 2. The summed E-state index contributed by atoms with van der Waals surface area (Å²) in [5.41, 5.74) is 0.898. The van der Waals surface area contributed by atoms with Crippen LogP contribution in [0.4, 0.5) is 11.0 Å². The van der Waals surface area contributed by atoms with Gasteiger partial charge in [0, 0.05) is 6.07 Å². The van der Waals surface area contributed by atoms with Crippen LogP contribution in [-0.2, 0) is 0 Å². The van der Waals surface area contributed by atoms with E-state index in [-0.39, 0.29) is 5.76 Å². The van der Waals surface area contributed by atoms with Crippen LogP contribution in [0.5, 0.6) is 0 Å². The highest BCUT2D eigenvalue weighted by Crippen LogP contribution is 2.28. The summed E-state index contributed by atoms with van der Waals surface area (Å²) < 4.78 is 6.16. The molecule has 1 aromatic carbocycles. The van der Waals surface area contributed by atoms with Crippen LogP contribution < -0.4 is 5.32 Å². The van der Waals surface area contributed by atoms with Crippen LogP contribution in [0.1, 0.15) is 10.6 Å². The quantitative estimate of drug-likeness (QED) is 0.755. The lowest BCUT2D eigenvalue weighted by Crippen LogP contribution is -1.92. The molecular formula is C12H8N2O3S. The number of nitrogens with zero attached hydrogens (tertiary/aromatic N) is 1. The van der Waals surface area contributed by atoms with Gasteiger partial charge in [-0.25, -0.2) is 9.78 Å². The maximum atomic E-state index is 10.7. The maximum absolute atomic E-state index is 10.7. The van der Waals surface area contributed by atoms with Gasteiger partial charge < -0.3 is 14.8 Å². The van der Waals surface area contributed by atoms with Crippen LogP contribution in [0.3, 0.4) is 0 Å². The van der Waals surface area contributed by atoms with E-state index in [1.54, 1.807) is 6.07 Å². The van der Waals surface area contributed by atoms with Crippen LogP contribution in [0.2, 0.25) is 0 Å². The van der Waals surface area contributed by atoms with Crippen molar-refractivity contribution in [1.82, 2.24) is 4.98 Å². The molecule has 6 heteroatoms. The van der Waals surface area contributed by atoms with Crippen LogP contribution in [0.25, 0.3) is 10.2 Å². The van der Waals surface area contributed by atoms with Gasteiger partial charge in [-0.1, -0.05) is 23.5 Å². The molecule has 2 N–H and O–H groups in total. The molecule has 3 rings (SSSR count). The van der Waals surface area contributed by atoms with E-state index in [1.807, 2.05) is 24.3 Å². The van der Waals surface area contributed by atoms with Crippen molar-refractivity contribution in [3.8, 4) is 0 Å². The largest absolute Gasteiger partial charge is 0.475 e. The van der Waals surface area contributed by atoms with Crippen molar-refractivity contribution in [2.24, 2.45) is 0 Å². The zero-order valence-corrected chi connectivity index (χ0v) is 9.90. The molecule has 0 radical (unpaired) electrons. The first-order chi connectivity index (χ1) is 8.72. The van der Waals surface area contributed by atoms with Crippen LogP contribution >= 0.6 is 11.3 Å². The normalized spacial score (nSPS) is 10.7. The fourth-order valence-corrected chi connectivity index (χ4v) is 2.42. The summed E-state index contributed by atoms with van der Waals surface area (Å²) >= 11 is 1.48. The number of benzene rings is 1. The number of thiazole rings is 1. The number of anilines is 2. The van der Waals surface area contributed by atoms with Gasteiger partial charge in [-0.3, -0.25) is 0 Å². The highest BCUT2D eigenvalue weighted by molar-refractivity contribution is 7.22. The van der Waals surface area contributed by atoms with Gasteiger partial charge in [-0.05, 0) is 18.2 Å². The molecule has 0 aliphatic rings. The predicted octanol–water partition coefficient (Wildman–Crippen LogP) is 3.33. The minimum atomic E-state index is -1.09. The summed E-state index contributed by atoms with van der Waals surface area (Å²) in [4.78, 5) is 15.0. The number of aromatic carboxylic acids is 1. The first kappa shape index (κ1) is 10.8. The number of fused-ring (bicyclic) bond motifs is 1. The highest BCUT2D eigenvalue weighted by atomic mass is 32.1. The van der Waals surface area contributed by atoms with E-state index in [9.17, 15) is 4.79 Å². The summed E-state index contributed by atoms with van der Waals surface area (Å²) in [6.45, 7) is 0. The van der Waals surface area contributed by atoms with Gasteiger partial charge in [-0.2, -0.15) is 0 Å². The Morgan fingerprint density at radius 2 is 2.11 bits per heavy atom. The highest BCUT2D eigenvalue weighted by Gasteiger charge is 2.10. The Balaban J connectivity index is 1.88. The minimum absolute atomic E-state index is 0.0985. The molecule has 18 heavy (non-hydrogen) atoms. The fourth-order valence-electron chi connectivity index (χ4n) is 1.55. The van der Waals surface area contributed by atoms with E-state index in [0.717, 1.165) is 10.2 Å². The van der Waals surface area contributed by atoms with Gasteiger partial charge in [-0.15, -0.1) is 0 Å². The summed E-state index contributed by atoms with van der Waals surface area (Å²) in [6, 6.07) is 10.7. The van der Waals surface area contributed by atoms with E-state index in [1.165, 1.54) is 17.4 Å². The average molecular weight is 260 g/mol. The van der Waals surface area contributed by atoms with Gasteiger partial charge in [0.2, 0.25) is 5.76 Å². The van der Waals surface area contributed by atoms with Crippen molar-refractivity contribution in [2.45, 2.75) is 0 Å². The molecule has 0 amide bonds. The number of hydrogen-bond acceptors (Lipinski definition) is 5. The molecule has 0 atom stereocenters. The zero-order chi connectivity index (χ0) is 12.5. The average Bonchev–Trinajstić information content (AvgIpc) is 2.94. The molecule has 90 valence electrons. The SMILES string of the molecule is O=C(O)c1ccc(Nc2nc3ccccc3s2)o1. The van der Waals surface area contributed by atoms with Gasteiger partial charge in [0.1, 0.15) is 0 Å². The third kappa shape index (κ3) is 1.93. The lowest BCUT2D eigenvalue weighted by Gasteiger charge is -1.95. The van der Waals surface area contributed by atoms with Gasteiger partial charge >= 0.3 is 5.97 Å². The van der Waals surface area contributed by atoms with Gasteiger partial charge in [0.15, 0.2) is 11.0 Å². The molecule has 2 aromatic heterocycles. The van der Waals surface area contributed by atoms with Crippen molar-refractivity contribution < 1.29 is 14.3 Å². The molecule has 0 saturated carbocycles. The second kappa shape index (κ2) is 4.15. The number of rotatable bonds is 3. The molecule has 0 bridgehead atoms. The lowest BCUT2D eigenvalue weighted by atomic mass is 10.3. The van der Waals surface area contributed by atoms with Crippen LogP contribution in [-0.4, -0.2) is 16.1 Å². The van der Waals surface area contributed by atoms with E-state index in [2.05, 4.69) is 10.3 Å². The van der Waals surface area contributed by atoms with E-state index in [4.69, 9.17) is 9.52 Å². The molecule has 0 spiro atoms. The number of carboxylic acids is 1. The fraction of sp³-hybridized carbons (Fsp3) is 0. The van der Waals surface area contributed by atoms with Crippen molar-refractivity contribution >= 4 is 38.5 Å². The molecule has 0 fully saturated rings. The van der Waals surface area contributed by atoms with E-state index >= 15 is 0 Å². The Kier molecular flexibility index (Phi) is 2.49. The Hall–Kier alpha value is -2.34. The number of carbonyl (C=O) groups is 1. The number of furan rings is 1. The van der Waals surface area contributed by atoms with Crippen molar-refractivity contribution in [3.05, 3.63) is 42.2 Å². The standard InChI is InChI=1S/C12H8N2O3S/c15-11(16)8-5-6-10(17-8)14-12-13-7-3-1-2-4-9(7)18-12/h1-6H,(H,13,14)(H,15,16). The number of aromatic nitrogens is 1. The monoisotopic (exact) mass is 260 g/mol. The molecule has 0 aliphatic heterocycles.